The molecule has 1 saturated carbocycles. The van der Waals surface area contributed by atoms with E-state index in [1.807, 2.05) is 6.07 Å². The predicted molar refractivity (Wildman–Crippen MR) is 86.9 cm³/mol. The molecule has 0 unspecified atom stereocenters. The minimum absolute atomic E-state index is 0.263. The van der Waals surface area contributed by atoms with Crippen molar-refractivity contribution in [3.63, 3.8) is 0 Å². The molecule has 2 aromatic rings. The number of thiol groups is 1. The summed E-state index contributed by atoms with van der Waals surface area (Å²) in [5.74, 6) is -0.992. The maximum Gasteiger partial charge on any atom is 0.417 e. The van der Waals surface area contributed by atoms with Gasteiger partial charge in [-0.3, -0.25) is 10.9 Å². The molecule has 1 aliphatic rings. The summed E-state index contributed by atoms with van der Waals surface area (Å²) in [5.41, 5.74) is 4.41. The van der Waals surface area contributed by atoms with Gasteiger partial charge in [0, 0.05) is 17.3 Å². The van der Waals surface area contributed by atoms with Gasteiger partial charge in [-0.15, -0.1) is 12.6 Å². The van der Waals surface area contributed by atoms with Crippen molar-refractivity contribution in [2.45, 2.75) is 29.8 Å². The number of pyridine rings is 2. The van der Waals surface area contributed by atoms with Crippen LogP contribution in [0, 0.1) is 0 Å². The van der Waals surface area contributed by atoms with Crippen LogP contribution in [0.5, 0.6) is 0 Å². The highest BCUT2D eigenvalue weighted by Gasteiger charge is 2.32. The third-order valence-electron chi connectivity index (χ3n) is 3.68. The number of rotatable bonds is 5. The lowest BCUT2D eigenvalue weighted by Gasteiger charge is -2.14. The van der Waals surface area contributed by atoms with E-state index in [0.717, 1.165) is 18.4 Å². The van der Waals surface area contributed by atoms with Crippen LogP contribution in [-0.4, -0.2) is 21.0 Å². The molecule has 25 heavy (non-hydrogen) atoms. The molecular formula is C15H13F3N4O2S. The average Bonchev–Trinajstić information content (AvgIpc) is 3.37. The quantitative estimate of drug-likeness (QED) is 0.473. The van der Waals surface area contributed by atoms with Gasteiger partial charge in [-0.2, -0.15) is 13.2 Å². The van der Waals surface area contributed by atoms with Gasteiger partial charge >= 0.3 is 12.1 Å². The van der Waals surface area contributed by atoms with E-state index in [0.29, 0.717) is 28.9 Å². The second kappa shape index (κ2) is 6.43. The third-order valence-corrected chi connectivity index (χ3v) is 4.02. The Morgan fingerprint density at radius 1 is 1.16 bits per heavy atom. The zero-order chi connectivity index (χ0) is 18.2. The fourth-order valence-corrected chi connectivity index (χ4v) is 2.47. The molecule has 1 aliphatic carbocycles. The monoisotopic (exact) mass is 370 g/mol. The zero-order valence-electron chi connectivity index (χ0n) is 12.6. The SMILES string of the molecule is O=C(O)c1cc(C(F)(F)F)cnc1NNc1ncc(C2CC2)cc1S. The minimum atomic E-state index is -4.68. The van der Waals surface area contributed by atoms with Crippen LogP contribution in [0.3, 0.4) is 0 Å². The van der Waals surface area contributed by atoms with Crippen molar-refractivity contribution in [1.82, 2.24) is 9.97 Å². The zero-order valence-corrected chi connectivity index (χ0v) is 13.5. The van der Waals surface area contributed by atoms with Crippen LogP contribution in [-0.2, 0) is 6.18 Å². The van der Waals surface area contributed by atoms with Crippen LogP contribution >= 0.6 is 12.6 Å². The highest BCUT2D eigenvalue weighted by Crippen LogP contribution is 2.40. The van der Waals surface area contributed by atoms with Gasteiger partial charge in [0.2, 0.25) is 0 Å². The topological polar surface area (TPSA) is 87.1 Å². The Bertz CT molecular complexity index is 825. The number of carboxylic acid groups (broad SMARTS) is 1. The molecule has 3 N–H and O–H groups in total. The Hall–Kier alpha value is -2.49. The largest absolute Gasteiger partial charge is 0.478 e. The first-order valence-corrected chi connectivity index (χ1v) is 7.72. The van der Waals surface area contributed by atoms with E-state index in [9.17, 15) is 18.0 Å². The molecular weight excluding hydrogens is 357 g/mol. The summed E-state index contributed by atoms with van der Waals surface area (Å²) in [6.45, 7) is 0. The Kier molecular flexibility index (Phi) is 4.46. The Morgan fingerprint density at radius 2 is 1.80 bits per heavy atom. The second-order valence-electron chi connectivity index (χ2n) is 5.58. The van der Waals surface area contributed by atoms with Crippen molar-refractivity contribution in [2.24, 2.45) is 0 Å². The summed E-state index contributed by atoms with van der Waals surface area (Å²) in [6.07, 6.45) is -0.224. The molecule has 2 heterocycles. The summed E-state index contributed by atoms with van der Waals surface area (Å²) >= 11 is 4.31. The first-order valence-electron chi connectivity index (χ1n) is 7.27. The normalized spacial score (nSPS) is 14.2. The van der Waals surface area contributed by atoms with Crippen molar-refractivity contribution in [3.8, 4) is 0 Å². The highest BCUT2D eigenvalue weighted by atomic mass is 32.1. The number of aromatic nitrogens is 2. The summed E-state index contributed by atoms with van der Waals surface area (Å²) in [5, 5.41) is 9.11. The number of hydrazine groups is 1. The number of alkyl halides is 3. The summed E-state index contributed by atoms with van der Waals surface area (Å²) in [7, 11) is 0. The van der Waals surface area contributed by atoms with Gasteiger partial charge < -0.3 is 5.11 Å². The lowest BCUT2D eigenvalue weighted by Crippen LogP contribution is -2.17. The van der Waals surface area contributed by atoms with E-state index in [2.05, 4.69) is 33.4 Å². The van der Waals surface area contributed by atoms with Crippen LogP contribution < -0.4 is 10.9 Å². The summed E-state index contributed by atoms with van der Waals surface area (Å²) in [6, 6.07) is 2.36. The molecule has 132 valence electrons. The van der Waals surface area contributed by atoms with Crippen LogP contribution in [0.1, 0.15) is 40.2 Å². The fourth-order valence-electron chi connectivity index (χ4n) is 2.21. The molecule has 0 spiro atoms. The number of aromatic carboxylic acids is 1. The van der Waals surface area contributed by atoms with Gasteiger partial charge in [0.05, 0.1) is 5.56 Å². The Morgan fingerprint density at radius 3 is 2.36 bits per heavy atom. The first kappa shape index (κ1) is 17.3. The Balaban J connectivity index is 1.79. The molecule has 0 atom stereocenters. The lowest BCUT2D eigenvalue weighted by atomic mass is 10.2. The van der Waals surface area contributed by atoms with Gasteiger partial charge in [0.1, 0.15) is 5.56 Å². The summed E-state index contributed by atoms with van der Waals surface area (Å²) in [4.78, 5) is 19.4. The minimum Gasteiger partial charge on any atom is -0.478 e. The first-order chi connectivity index (χ1) is 11.8. The van der Waals surface area contributed by atoms with E-state index < -0.39 is 23.3 Å². The predicted octanol–water partition coefficient (Wildman–Crippen LogP) is 3.80. The van der Waals surface area contributed by atoms with Gasteiger partial charge in [0.25, 0.3) is 0 Å². The molecule has 0 radical (unpaired) electrons. The molecule has 3 rings (SSSR count). The van der Waals surface area contributed by atoms with Crippen molar-refractivity contribution in [1.29, 1.82) is 0 Å². The van der Waals surface area contributed by atoms with Crippen LogP contribution in [0.4, 0.5) is 24.8 Å². The number of carboxylic acids is 1. The highest BCUT2D eigenvalue weighted by molar-refractivity contribution is 7.80. The van der Waals surface area contributed by atoms with E-state index in [1.54, 1.807) is 6.20 Å². The van der Waals surface area contributed by atoms with Crippen molar-refractivity contribution in [2.75, 3.05) is 10.9 Å². The molecule has 0 saturated heterocycles. The fraction of sp³-hybridized carbons (Fsp3) is 0.267. The Labute approximate surface area is 145 Å². The molecule has 0 aromatic carbocycles. The van der Waals surface area contributed by atoms with E-state index in [4.69, 9.17) is 5.11 Å². The molecule has 0 amide bonds. The number of hydrogen-bond donors (Lipinski definition) is 4. The number of hydrogen-bond acceptors (Lipinski definition) is 6. The lowest BCUT2D eigenvalue weighted by molar-refractivity contribution is -0.137. The molecule has 0 bridgehead atoms. The second-order valence-corrected chi connectivity index (χ2v) is 6.07. The maximum atomic E-state index is 12.7. The van der Waals surface area contributed by atoms with Gasteiger partial charge in [-0.05, 0) is 36.5 Å². The van der Waals surface area contributed by atoms with Crippen LogP contribution in [0.25, 0.3) is 0 Å². The van der Waals surface area contributed by atoms with E-state index >= 15 is 0 Å². The van der Waals surface area contributed by atoms with Crippen molar-refractivity contribution >= 4 is 30.2 Å². The summed E-state index contributed by atoms with van der Waals surface area (Å²) < 4.78 is 38.1. The number of carbonyl (C=O) groups is 1. The molecule has 0 aliphatic heterocycles. The van der Waals surface area contributed by atoms with E-state index in [-0.39, 0.29) is 5.82 Å². The van der Waals surface area contributed by atoms with Gasteiger partial charge in [-0.25, -0.2) is 14.8 Å². The van der Waals surface area contributed by atoms with Crippen molar-refractivity contribution in [3.05, 3.63) is 41.2 Å². The van der Waals surface area contributed by atoms with Crippen LogP contribution in [0.2, 0.25) is 0 Å². The molecule has 10 heteroatoms. The smallest absolute Gasteiger partial charge is 0.417 e. The number of nitrogens with zero attached hydrogens (tertiary/aromatic N) is 2. The molecule has 1 fully saturated rings. The third kappa shape index (κ3) is 3.95. The number of anilines is 2. The standard InChI is InChI=1S/C15H13F3N4O2S/c16-15(17,18)9-4-10(14(23)24)12(20-6-9)21-22-13-11(25)3-8(5-19-13)7-1-2-7/h3-7,25H,1-2H2,(H,19,22)(H,20,21)(H,23,24). The van der Waals surface area contributed by atoms with Crippen molar-refractivity contribution < 1.29 is 23.1 Å². The molecule has 6 nitrogen and oxygen atoms in total. The molecule has 2 aromatic heterocycles. The average molecular weight is 370 g/mol. The van der Waals surface area contributed by atoms with E-state index in [1.165, 1.54) is 0 Å². The maximum absolute atomic E-state index is 12.7. The number of halogens is 3. The number of nitrogens with one attached hydrogen (secondary N) is 2. The van der Waals surface area contributed by atoms with Crippen LogP contribution in [0.15, 0.2) is 29.4 Å². The van der Waals surface area contributed by atoms with Gasteiger partial charge in [-0.1, -0.05) is 0 Å². The van der Waals surface area contributed by atoms with Gasteiger partial charge in [0.15, 0.2) is 11.6 Å².